The summed E-state index contributed by atoms with van der Waals surface area (Å²) in [6.07, 6.45) is 5.31. The lowest BCUT2D eigenvalue weighted by atomic mass is 9.86. The van der Waals surface area contributed by atoms with Crippen LogP contribution in [0.3, 0.4) is 0 Å². The van der Waals surface area contributed by atoms with Crippen molar-refractivity contribution in [1.29, 1.82) is 0 Å². The Morgan fingerprint density at radius 1 is 1.29 bits per heavy atom. The van der Waals surface area contributed by atoms with Crippen LogP contribution in [0.2, 0.25) is 0 Å². The molecule has 0 bridgehead atoms. The van der Waals surface area contributed by atoms with E-state index in [1.165, 1.54) is 6.20 Å². The van der Waals surface area contributed by atoms with E-state index in [0.717, 1.165) is 22.0 Å². The minimum absolute atomic E-state index is 0.0198. The van der Waals surface area contributed by atoms with Gasteiger partial charge in [0.1, 0.15) is 5.60 Å². The van der Waals surface area contributed by atoms with Crippen LogP contribution in [-0.4, -0.2) is 27.6 Å². The third-order valence-electron chi connectivity index (χ3n) is 5.54. The topological polar surface area (TPSA) is 42.4 Å². The van der Waals surface area contributed by atoms with E-state index in [2.05, 4.69) is 20.9 Å². The number of hydrogen-bond acceptors (Lipinski definition) is 3. The Balaban J connectivity index is 1.61. The molecule has 146 valence electrons. The maximum Gasteiger partial charge on any atom is 0.411 e. The highest BCUT2D eigenvalue weighted by Crippen LogP contribution is 2.45. The van der Waals surface area contributed by atoms with Crippen molar-refractivity contribution < 1.29 is 13.9 Å². The molecule has 0 spiro atoms. The lowest BCUT2D eigenvalue weighted by Gasteiger charge is -2.36. The first-order valence-corrected chi connectivity index (χ1v) is 10.2. The first kappa shape index (κ1) is 19.1. The number of ether oxygens (including phenoxy) is 1. The summed E-state index contributed by atoms with van der Waals surface area (Å²) in [5, 5.41) is 0. The Labute approximate surface area is 172 Å². The largest absolute Gasteiger partial charge is 0.441 e. The Bertz CT molecular complexity index is 929. The van der Waals surface area contributed by atoms with Gasteiger partial charge in [-0.1, -0.05) is 36.4 Å². The average molecular weight is 445 g/mol. The van der Waals surface area contributed by atoms with Crippen LogP contribution in [0.25, 0.3) is 5.57 Å². The van der Waals surface area contributed by atoms with Gasteiger partial charge in [0.2, 0.25) is 5.95 Å². The summed E-state index contributed by atoms with van der Waals surface area (Å²) in [4.78, 5) is 18.4. The number of halogens is 2. The first-order chi connectivity index (χ1) is 13.4. The number of cyclic esters (lactones) is 1. The Morgan fingerprint density at radius 2 is 2.04 bits per heavy atom. The highest BCUT2D eigenvalue weighted by molar-refractivity contribution is 9.10. The van der Waals surface area contributed by atoms with Crippen molar-refractivity contribution in [2.45, 2.75) is 50.8 Å². The molecule has 4 rings (SSSR count). The molecule has 1 aliphatic heterocycles. The molecule has 2 heterocycles. The third kappa shape index (κ3) is 3.46. The third-order valence-corrected chi connectivity index (χ3v) is 5.98. The summed E-state index contributed by atoms with van der Waals surface area (Å²) < 4.78 is 20.6. The van der Waals surface area contributed by atoms with Gasteiger partial charge >= 0.3 is 6.09 Å². The van der Waals surface area contributed by atoms with E-state index in [1.54, 1.807) is 6.07 Å². The van der Waals surface area contributed by atoms with Crippen LogP contribution in [0.5, 0.6) is 0 Å². The number of aromatic nitrogens is 1. The molecule has 1 aromatic carbocycles. The molecule has 0 saturated carbocycles. The van der Waals surface area contributed by atoms with E-state index in [1.807, 2.05) is 55.2 Å². The smallest absolute Gasteiger partial charge is 0.411 e. The second-order valence-electron chi connectivity index (χ2n) is 7.84. The molecule has 1 fully saturated rings. The van der Waals surface area contributed by atoms with E-state index < -0.39 is 11.5 Å². The lowest BCUT2D eigenvalue weighted by molar-refractivity contribution is 0.0668. The summed E-state index contributed by atoms with van der Waals surface area (Å²) in [6, 6.07) is 11.6. The van der Waals surface area contributed by atoms with E-state index in [4.69, 9.17) is 4.74 Å². The molecule has 2 aliphatic rings. The van der Waals surface area contributed by atoms with Gasteiger partial charge in [-0.15, -0.1) is 0 Å². The quantitative estimate of drug-likeness (QED) is 0.554. The first-order valence-electron chi connectivity index (χ1n) is 9.43. The summed E-state index contributed by atoms with van der Waals surface area (Å²) in [5.74, 6) is -0.461. The molecule has 6 heteroatoms. The zero-order valence-electron chi connectivity index (χ0n) is 15.9. The average Bonchev–Trinajstić information content (AvgIpc) is 2.93. The monoisotopic (exact) mass is 444 g/mol. The van der Waals surface area contributed by atoms with Crippen LogP contribution in [0.15, 0.2) is 53.1 Å². The van der Waals surface area contributed by atoms with Crippen LogP contribution in [0.1, 0.15) is 50.3 Å². The normalized spacial score (nSPS) is 24.1. The van der Waals surface area contributed by atoms with E-state index >= 15 is 0 Å². The molecule has 1 aromatic heterocycles. The van der Waals surface area contributed by atoms with Gasteiger partial charge in [0, 0.05) is 22.3 Å². The maximum absolute atomic E-state index is 14.1. The second-order valence-corrected chi connectivity index (χ2v) is 8.76. The minimum Gasteiger partial charge on any atom is -0.441 e. The molecule has 2 aromatic rings. The second kappa shape index (κ2) is 7.32. The number of hydrogen-bond donors (Lipinski definition) is 0. The number of benzene rings is 1. The van der Waals surface area contributed by atoms with Gasteiger partial charge in [-0.25, -0.2) is 9.78 Å². The van der Waals surface area contributed by atoms with E-state index in [-0.39, 0.29) is 18.2 Å². The number of nitrogens with zero attached hydrogens (tertiary/aromatic N) is 2. The van der Waals surface area contributed by atoms with Crippen LogP contribution >= 0.6 is 15.9 Å². The summed E-state index contributed by atoms with van der Waals surface area (Å²) in [7, 11) is 0. The number of carbonyl (C=O) groups is 1. The summed E-state index contributed by atoms with van der Waals surface area (Å²) >= 11 is 3.36. The Kier molecular flexibility index (Phi) is 5.00. The molecule has 28 heavy (non-hydrogen) atoms. The molecule has 2 atom stereocenters. The van der Waals surface area contributed by atoms with Gasteiger partial charge in [-0.2, -0.15) is 4.39 Å². The number of amides is 1. The van der Waals surface area contributed by atoms with Crippen LogP contribution in [-0.2, 0) is 4.74 Å². The summed E-state index contributed by atoms with van der Waals surface area (Å²) in [6.45, 7) is 3.91. The van der Waals surface area contributed by atoms with Crippen LogP contribution in [0.4, 0.5) is 9.18 Å². The number of carbonyl (C=O) groups excluding carboxylic acids is 1. The van der Waals surface area contributed by atoms with Crippen molar-refractivity contribution >= 4 is 27.6 Å². The van der Waals surface area contributed by atoms with E-state index in [0.29, 0.717) is 18.4 Å². The molecule has 1 amide bonds. The van der Waals surface area contributed by atoms with Crippen molar-refractivity contribution in [3.8, 4) is 0 Å². The fourth-order valence-corrected chi connectivity index (χ4v) is 4.63. The van der Waals surface area contributed by atoms with Crippen LogP contribution in [0, 0.1) is 5.95 Å². The fourth-order valence-electron chi connectivity index (χ4n) is 4.30. The van der Waals surface area contributed by atoms with Crippen molar-refractivity contribution in [3.63, 3.8) is 0 Å². The highest BCUT2D eigenvalue weighted by Gasteiger charge is 2.51. The zero-order chi connectivity index (χ0) is 19.9. The van der Waals surface area contributed by atoms with Crippen molar-refractivity contribution in [2.24, 2.45) is 0 Å². The molecule has 1 unspecified atom stereocenters. The van der Waals surface area contributed by atoms with Gasteiger partial charge in [0.15, 0.2) is 0 Å². The Hall–Kier alpha value is -2.21. The standard InChI is InChI=1S/C22H22BrFN2O2/c1-22(2)19(15-6-4-3-5-7-15)26(21(27)28-22)17-10-8-14(9-11-17)18-12-16(23)13-25-20(18)24/h3-8,12-13,17,19H,9-11H2,1-2H3/t17-,19?/m1/s1. The number of allylic oxidation sites excluding steroid dienone is 1. The van der Waals surface area contributed by atoms with Crippen molar-refractivity contribution in [3.05, 3.63) is 70.2 Å². The molecule has 4 nitrogen and oxygen atoms in total. The van der Waals surface area contributed by atoms with E-state index in [9.17, 15) is 9.18 Å². The molecule has 1 saturated heterocycles. The zero-order valence-corrected chi connectivity index (χ0v) is 17.4. The van der Waals surface area contributed by atoms with Crippen molar-refractivity contribution in [1.82, 2.24) is 9.88 Å². The molecule has 0 N–H and O–H groups in total. The van der Waals surface area contributed by atoms with Gasteiger partial charge in [-0.05, 0) is 66.2 Å². The predicted molar refractivity (Wildman–Crippen MR) is 109 cm³/mol. The van der Waals surface area contributed by atoms with Gasteiger partial charge in [0.05, 0.1) is 6.04 Å². The fraction of sp³-hybridized carbons (Fsp3) is 0.364. The molecule has 0 radical (unpaired) electrons. The van der Waals surface area contributed by atoms with Gasteiger partial charge in [-0.3, -0.25) is 4.90 Å². The lowest BCUT2D eigenvalue weighted by Crippen LogP contribution is -2.41. The number of pyridine rings is 1. The Morgan fingerprint density at radius 3 is 2.71 bits per heavy atom. The minimum atomic E-state index is -0.608. The molecule has 1 aliphatic carbocycles. The van der Waals surface area contributed by atoms with Gasteiger partial charge in [0.25, 0.3) is 0 Å². The predicted octanol–water partition coefficient (Wildman–Crippen LogP) is 5.89. The van der Waals surface area contributed by atoms with Crippen molar-refractivity contribution in [2.75, 3.05) is 0 Å². The summed E-state index contributed by atoms with van der Waals surface area (Å²) in [5.41, 5.74) is 1.92. The number of rotatable bonds is 3. The van der Waals surface area contributed by atoms with Gasteiger partial charge < -0.3 is 4.74 Å². The molecular formula is C22H22BrFN2O2. The highest BCUT2D eigenvalue weighted by atomic mass is 79.9. The SMILES string of the molecule is CC1(C)OC(=O)N([C@@H]2CC=C(c3cc(Br)cnc3F)CC2)C1c1ccccc1. The van der Waals surface area contributed by atoms with Crippen LogP contribution < -0.4 is 0 Å². The maximum atomic E-state index is 14.1. The molecular weight excluding hydrogens is 423 g/mol.